The number of aromatic nitrogens is 3. The van der Waals surface area contributed by atoms with Gasteiger partial charge >= 0.3 is 0 Å². The number of aryl methyl sites for hydroxylation is 1. The number of halogens is 2. The fraction of sp³-hybridized carbons (Fsp3) is 0.438. The molecule has 138 valence electrons. The van der Waals surface area contributed by atoms with E-state index in [0.717, 1.165) is 17.3 Å². The Morgan fingerprint density at radius 3 is 2.80 bits per heavy atom. The van der Waals surface area contributed by atoms with Crippen LogP contribution in [0.4, 0.5) is 4.39 Å². The van der Waals surface area contributed by atoms with Gasteiger partial charge in [0, 0.05) is 40.4 Å². The summed E-state index contributed by atoms with van der Waals surface area (Å²) < 4.78 is 20.4. The van der Waals surface area contributed by atoms with Gasteiger partial charge in [0.15, 0.2) is 5.96 Å². The summed E-state index contributed by atoms with van der Waals surface area (Å²) in [6, 6.07) is 5.00. The Morgan fingerprint density at radius 1 is 1.44 bits per heavy atom. The van der Waals surface area contributed by atoms with E-state index in [1.807, 2.05) is 19.0 Å². The molecule has 7 nitrogen and oxygen atoms in total. The van der Waals surface area contributed by atoms with E-state index in [-0.39, 0.29) is 36.4 Å². The lowest BCUT2D eigenvalue weighted by molar-refractivity contribution is 0.181. The van der Waals surface area contributed by atoms with Gasteiger partial charge in [0.05, 0.1) is 13.2 Å². The van der Waals surface area contributed by atoms with Crippen molar-refractivity contribution in [2.75, 3.05) is 21.2 Å². The molecule has 0 spiro atoms. The molecule has 1 N–H and O–H groups in total. The molecule has 0 saturated heterocycles. The van der Waals surface area contributed by atoms with Crippen molar-refractivity contribution in [3.05, 3.63) is 47.3 Å². The monoisotopic (exact) mass is 462 g/mol. The lowest BCUT2D eigenvalue weighted by atomic mass is 10.1. The van der Waals surface area contributed by atoms with E-state index in [0.29, 0.717) is 18.7 Å². The van der Waals surface area contributed by atoms with Crippen molar-refractivity contribution < 1.29 is 9.13 Å². The molecule has 0 bridgehead atoms. The average molecular weight is 462 g/mol. The van der Waals surface area contributed by atoms with Gasteiger partial charge < -0.3 is 15.0 Å². The van der Waals surface area contributed by atoms with E-state index < -0.39 is 0 Å². The van der Waals surface area contributed by atoms with Crippen LogP contribution in [0.15, 0.2) is 29.5 Å². The summed E-state index contributed by atoms with van der Waals surface area (Å²) in [5, 5.41) is 7.32. The van der Waals surface area contributed by atoms with Crippen LogP contribution in [-0.2, 0) is 31.5 Å². The van der Waals surface area contributed by atoms with Crippen molar-refractivity contribution in [2.45, 2.75) is 19.7 Å². The van der Waals surface area contributed by atoms with Crippen LogP contribution < -0.4 is 5.32 Å². The predicted molar refractivity (Wildman–Crippen MR) is 105 cm³/mol. The number of aliphatic imine (C=N–C) groups is 1. The lowest BCUT2D eigenvalue weighted by Crippen LogP contribution is -2.38. The summed E-state index contributed by atoms with van der Waals surface area (Å²) in [7, 11) is 7.04. The van der Waals surface area contributed by atoms with Crippen LogP contribution >= 0.6 is 24.0 Å². The van der Waals surface area contributed by atoms with Crippen molar-refractivity contribution in [1.29, 1.82) is 0 Å². The molecule has 1 aromatic carbocycles. The number of guanidine groups is 1. The molecule has 0 saturated carbocycles. The number of methoxy groups -OCH3 is 1. The molecular formula is C16H24FIN6O. The Hall–Kier alpha value is -1.75. The molecule has 1 aromatic heterocycles. The third kappa shape index (κ3) is 5.92. The molecule has 0 aliphatic carbocycles. The fourth-order valence-electron chi connectivity index (χ4n) is 2.32. The van der Waals surface area contributed by atoms with Gasteiger partial charge in [-0.25, -0.2) is 9.37 Å². The average Bonchev–Trinajstić information content (AvgIpc) is 2.96. The standard InChI is InChI=1S/C16H23FN6O.HI/c1-18-16(22(2)9-15-20-11-21-23(15)3)19-8-12-5-6-14(17)13(7-12)10-24-4;/h5-7,11H,8-10H2,1-4H3,(H,18,19);1H. The minimum Gasteiger partial charge on any atom is -0.380 e. The van der Waals surface area contributed by atoms with Gasteiger partial charge in [-0.05, 0) is 17.7 Å². The molecule has 2 aromatic rings. The highest BCUT2D eigenvalue weighted by atomic mass is 127. The van der Waals surface area contributed by atoms with Crippen molar-refractivity contribution >= 4 is 29.9 Å². The highest BCUT2D eigenvalue weighted by Crippen LogP contribution is 2.12. The lowest BCUT2D eigenvalue weighted by Gasteiger charge is -2.21. The number of nitrogens with one attached hydrogen (secondary N) is 1. The maximum absolute atomic E-state index is 13.7. The van der Waals surface area contributed by atoms with Gasteiger partial charge in [-0.2, -0.15) is 5.10 Å². The Morgan fingerprint density at radius 2 is 2.20 bits per heavy atom. The summed E-state index contributed by atoms with van der Waals surface area (Å²) in [6.45, 7) is 1.36. The first-order chi connectivity index (χ1) is 11.5. The summed E-state index contributed by atoms with van der Waals surface area (Å²) in [6.07, 6.45) is 1.52. The van der Waals surface area contributed by atoms with Crippen molar-refractivity contribution in [3.8, 4) is 0 Å². The molecule has 0 radical (unpaired) electrons. The first kappa shape index (κ1) is 21.3. The summed E-state index contributed by atoms with van der Waals surface area (Å²) >= 11 is 0. The number of rotatable bonds is 6. The van der Waals surface area contributed by atoms with Gasteiger partial charge in [-0.1, -0.05) is 6.07 Å². The van der Waals surface area contributed by atoms with Crippen LogP contribution in [0.3, 0.4) is 0 Å². The van der Waals surface area contributed by atoms with Crippen LogP contribution in [0.25, 0.3) is 0 Å². The molecule has 1 heterocycles. The fourth-order valence-corrected chi connectivity index (χ4v) is 2.32. The molecule has 0 atom stereocenters. The van der Waals surface area contributed by atoms with E-state index >= 15 is 0 Å². The topological polar surface area (TPSA) is 67.6 Å². The molecule has 0 amide bonds. The predicted octanol–water partition coefficient (Wildman–Crippen LogP) is 1.93. The number of nitrogens with zero attached hydrogens (tertiary/aromatic N) is 5. The smallest absolute Gasteiger partial charge is 0.194 e. The SMILES string of the molecule is CN=C(NCc1ccc(F)c(COC)c1)N(C)Cc1ncnn1C.I. The maximum atomic E-state index is 13.7. The molecule has 0 aliphatic rings. The van der Waals surface area contributed by atoms with E-state index in [2.05, 4.69) is 20.4 Å². The van der Waals surface area contributed by atoms with Crippen LogP contribution in [0.5, 0.6) is 0 Å². The molecule has 2 rings (SSSR count). The molecule has 0 aliphatic heterocycles. The molecular weight excluding hydrogens is 438 g/mol. The number of ether oxygens (including phenoxy) is 1. The van der Waals surface area contributed by atoms with Gasteiger partial charge in [-0.15, -0.1) is 24.0 Å². The summed E-state index contributed by atoms with van der Waals surface area (Å²) in [4.78, 5) is 10.4. The minimum atomic E-state index is -0.260. The summed E-state index contributed by atoms with van der Waals surface area (Å²) in [5.41, 5.74) is 1.50. The van der Waals surface area contributed by atoms with E-state index in [1.165, 1.54) is 12.4 Å². The second-order valence-electron chi connectivity index (χ2n) is 5.42. The highest BCUT2D eigenvalue weighted by molar-refractivity contribution is 14.0. The molecule has 25 heavy (non-hydrogen) atoms. The zero-order chi connectivity index (χ0) is 17.5. The van der Waals surface area contributed by atoms with E-state index in [4.69, 9.17) is 4.74 Å². The van der Waals surface area contributed by atoms with Gasteiger partial charge in [-0.3, -0.25) is 9.67 Å². The van der Waals surface area contributed by atoms with Crippen LogP contribution in [-0.4, -0.2) is 46.8 Å². The zero-order valence-corrected chi connectivity index (χ0v) is 17.2. The number of hydrogen-bond acceptors (Lipinski definition) is 4. The van der Waals surface area contributed by atoms with Crippen molar-refractivity contribution in [2.24, 2.45) is 12.0 Å². The van der Waals surface area contributed by atoms with Crippen molar-refractivity contribution in [3.63, 3.8) is 0 Å². The normalized spacial score (nSPS) is 11.2. The van der Waals surface area contributed by atoms with E-state index in [9.17, 15) is 4.39 Å². The highest BCUT2D eigenvalue weighted by Gasteiger charge is 2.10. The zero-order valence-electron chi connectivity index (χ0n) is 14.9. The van der Waals surface area contributed by atoms with Crippen LogP contribution in [0.1, 0.15) is 17.0 Å². The molecule has 0 unspecified atom stereocenters. The second-order valence-corrected chi connectivity index (χ2v) is 5.42. The van der Waals surface area contributed by atoms with Crippen molar-refractivity contribution in [1.82, 2.24) is 25.0 Å². The second kappa shape index (κ2) is 10.3. The third-order valence-corrected chi connectivity index (χ3v) is 3.62. The van der Waals surface area contributed by atoms with Gasteiger partial charge in [0.1, 0.15) is 18.0 Å². The molecule has 9 heteroatoms. The van der Waals surface area contributed by atoms with Gasteiger partial charge in [0.25, 0.3) is 0 Å². The van der Waals surface area contributed by atoms with Gasteiger partial charge in [0.2, 0.25) is 0 Å². The Kier molecular flexibility index (Phi) is 8.76. The first-order valence-electron chi connectivity index (χ1n) is 7.56. The van der Waals surface area contributed by atoms with Crippen LogP contribution in [0.2, 0.25) is 0 Å². The number of benzene rings is 1. The first-order valence-corrected chi connectivity index (χ1v) is 7.56. The Labute approximate surface area is 164 Å². The third-order valence-electron chi connectivity index (χ3n) is 3.62. The van der Waals surface area contributed by atoms with Crippen LogP contribution in [0, 0.1) is 5.82 Å². The van der Waals surface area contributed by atoms with E-state index in [1.54, 1.807) is 31.0 Å². The minimum absolute atomic E-state index is 0. The number of hydrogen-bond donors (Lipinski definition) is 1. The molecule has 0 fully saturated rings. The largest absolute Gasteiger partial charge is 0.380 e. The maximum Gasteiger partial charge on any atom is 0.194 e. The Bertz CT molecular complexity index is 706. The summed E-state index contributed by atoms with van der Waals surface area (Å²) in [5.74, 6) is 1.30. The quantitative estimate of drug-likeness (QED) is 0.404. The Balaban J connectivity index is 0.00000312.